The van der Waals surface area contributed by atoms with Gasteiger partial charge in [-0.25, -0.2) is 8.42 Å². The van der Waals surface area contributed by atoms with Crippen LogP contribution in [0, 0.1) is 5.92 Å². The SMILES string of the molecule is O=S(=O)(C1CCNCC1)N1CCCC2CCCCC21. The Hall–Kier alpha value is -0.130. The molecule has 2 aliphatic heterocycles. The Bertz CT molecular complexity index is 402. The Morgan fingerprint density at radius 3 is 2.37 bits per heavy atom. The van der Waals surface area contributed by atoms with Gasteiger partial charge in [0.05, 0.1) is 5.25 Å². The number of hydrogen-bond acceptors (Lipinski definition) is 3. The summed E-state index contributed by atoms with van der Waals surface area (Å²) in [5.41, 5.74) is 0. The smallest absolute Gasteiger partial charge is 0.217 e. The fraction of sp³-hybridized carbons (Fsp3) is 1.00. The number of sulfonamides is 1. The van der Waals surface area contributed by atoms with Gasteiger partial charge in [0.15, 0.2) is 0 Å². The Morgan fingerprint density at radius 2 is 1.58 bits per heavy atom. The summed E-state index contributed by atoms with van der Waals surface area (Å²) in [4.78, 5) is 0. The highest BCUT2D eigenvalue weighted by molar-refractivity contribution is 7.89. The molecule has 2 unspecified atom stereocenters. The summed E-state index contributed by atoms with van der Waals surface area (Å²) in [7, 11) is -3.06. The van der Waals surface area contributed by atoms with Crippen molar-refractivity contribution in [1.82, 2.24) is 9.62 Å². The van der Waals surface area contributed by atoms with Crippen molar-refractivity contribution in [3.8, 4) is 0 Å². The topological polar surface area (TPSA) is 49.4 Å². The first-order valence-electron chi connectivity index (χ1n) is 7.91. The van der Waals surface area contributed by atoms with Crippen molar-refractivity contribution >= 4 is 10.0 Å². The molecule has 5 heteroatoms. The maximum Gasteiger partial charge on any atom is 0.217 e. The number of nitrogens with one attached hydrogen (secondary N) is 1. The van der Waals surface area contributed by atoms with Crippen LogP contribution in [-0.4, -0.2) is 43.6 Å². The molecule has 4 nitrogen and oxygen atoms in total. The van der Waals surface area contributed by atoms with Gasteiger partial charge in [-0.15, -0.1) is 0 Å². The van der Waals surface area contributed by atoms with Crippen molar-refractivity contribution in [2.75, 3.05) is 19.6 Å². The molecule has 1 aliphatic carbocycles. The molecular weight excluding hydrogens is 260 g/mol. The normalized spacial score (nSPS) is 34.9. The molecule has 0 bridgehead atoms. The van der Waals surface area contributed by atoms with Crippen molar-refractivity contribution in [1.29, 1.82) is 0 Å². The van der Waals surface area contributed by atoms with E-state index < -0.39 is 10.0 Å². The summed E-state index contributed by atoms with van der Waals surface area (Å²) < 4.78 is 27.7. The lowest BCUT2D eigenvalue weighted by molar-refractivity contribution is 0.127. The Morgan fingerprint density at radius 1 is 0.895 bits per heavy atom. The zero-order valence-corrected chi connectivity index (χ0v) is 12.5. The first-order valence-corrected chi connectivity index (χ1v) is 9.41. The third kappa shape index (κ3) is 2.69. The van der Waals surface area contributed by atoms with Crippen LogP contribution in [0.3, 0.4) is 0 Å². The highest BCUT2D eigenvalue weighted by Gasteiger charge is 2.42. The Labute approximate surface area is 117 Å². The molecular formula is C14H26N2O2S. The maximum atomic E-state index is 12.9. The van der Waals surface area contributed by atoms with Crippen LogP contribution in [0.5, 0.6) is 0 Å². The van der Waals surface area contributed by atoms with Gasteiger partial charge in [0.2, 0.25) is 10.0 Å². The lowest BCUT2D eigenvalue weighted by Gasteiger charge is -2.44. The fourth-order valence-electron chi connectivity index (χ4n) is 4.18. The molecule has 1 N–H and O–H groups in total. The van der Waals surface area contributed by atoms with E-state index in [-0.39, 0.29) is 5.25 Å². The van der Waals surface area contributed by atoms with Crippen LogP contribution >= 0.6 is 0 Å². The third-order valence-corrected chi connectivity index (χ3v) is 7.65. The lowest BCUT2D eigenvalue weighted by Crippen LogP contribution is -2.53. The van der Waals surface area contributed by atoms with E-state index in [0.717, 1.165) is 45.3 Å². The molecule has 3 aliphatic rings. The lowest BCUT2D eigenvalue weighted by atomic mass is 9.79. The Balaban J connectivity index is 1.78. The minimum absolute atomic E-state index is 0.130. The van der Waals surface area contributed by atoms with E-state index in [1.54, 1.807) is 0 Å². The molecule has 3 fully saturated rings. The van der Waals surface area contributed by atoms with Crippen molar-refractivity contribution in [2.45, 2.75) is 62.7 Å². The number of hydrogen-bond donors (Lipinski definition) is 1. The van der Waals surface area contributed by atoms with E-state index in [0.29, 0.717) is 12.0 Å². The first kappa shape index (κ1) is 13.8. The maximum absolute atomic E-state index is 12.9. The zero-order chi connectivity index (χ0) is 13.3. The molecule has 2 heterocycles. The molecule has 3 rings (SSSR count). The van der Waals surface area contributed by atoms with Gasteiger partial charge in [-0.05, 0) is 57.5 Å². The van der Waals surface area contributed by atoms with Gasteiger partial charge >= 0.3 is 0 Å². The summed E-state index contributed by atoms with van der Waals surface area (Å²) in [6, 6.07) is 0.322. The van der Waals surface area contributed by atoms with Crippen molar-refractivity contribution in [3.63, 3.8) is 0 Å². The average Bonchev–Trinajstić information content (AvgIpc) is 2.47. The van der Waals surface area contributed by atoms with Gasteiger partial charge < -0.3 is 5.32 Å². The van der Waals surface area contributed by atoms with Crippen LogP contribution in [0.15, 0.2) is 0 Å². The predicted octanol–water partition coefficient (Wildman–Crippen LogP) is 1.72. The number of rotatable bonds is 2. The van der Waals surface area contributed by atoms with Crippen LogP contribution < -0.4 is 5.32 Å². The van der Waals surface area contributed by atoms with Crippen LogP contribution in [-0.2, 0) is 10.0 Å². The van der Waals surface area contributed by atoms with Gasteiger partial charge in [0, 0.05) is 12.6 Å². The molecule has 19 heavy (non-hydrogen) atoms. The second kappa shape index (κ2) is 5.70. The van der Waals surface area contributed by atoms with Crippen molar-refractivity contribution in [3.05, 3.63) is 0 Å². The van der Waals surface area contributed by atoms with E-state index in [2.05, 4.69) is 5.32 Å². The molecule has 110 valence electrons. The fourth-order valence-corrected chi connectivity index (χ4v) is 6.43. The van der Waals surface area contributed by atoms with Crippen LogP contribution in [0.2, 0.25) is 0 Å². The summed E-state index contributed by atoms with van der Waals surface area (Å²) in [5.74, 6) is 0.638. The van der Waals surface area contributed by atoms with E-state index in [4.69, 9.17) is 0 Å². The van der Waals surface area contributed by atoms with Gasteiger partial charge in [0.25, 0.3) is 0 Å². The molecule has 0 aromatic carbocycles. The van der Waals surface area contributed by atoms with Gasteiger partial charge in [-0.1, -0.05) is 12.8 Å². The minimum atomic E-state index is -3.06. The summed E-state index contributed by atoms with van der Waals surface area (Å²) in [6.07, 6.45) is 8.71. The minimum Gasteiger partial charge on any atom is -0.317 e. The second-order valence-electron chi connectivity index (χ2n) is 6.36. The molecule has 2 atom stereocenters. The van der Waals surface area contributed by atoms with Crippen LogP contribution in [0.25, 0.3) is 0 Å². The highest BCUT2D eigenvalue weighted by Crippen LogP contribution is 2.38. The third-order valence-electron chi connectivity index (χ3n) is 5.23. The van der Waals surface area contributed by atoms with Crippen LogP contribution in [0.1, 0.15) is 51.4 Å². The van der Waals surface area contributed by atoms with Gasteiger partial charge in [-0.2, -0.15) is 4.31 Å². The quantitative estimate of drug-likeness (QED) is 0.841. The summed E-state index contributed by atoms with van der Waals surface area (Å²) in [5, 5.41) is 3.13. The van der Waals surface area contributed by atoms with Crippen LogP contribution in [0.4, 0.5) is 0 Å². The molecule has 0 radical (unpaired) electrons. The van der Waals surface area contributed by atoms with E-state index in [1.165, 1.54) is 25.7 Å². The standard InChI is InChI=1S/C14H26N2O2S/c17-19(18,13-7-9-15-10-8-13)16-11-3-5-12-4-1-2-6-14(12)16/h12-15H,1-11H2. The molecule has 0 spiro atoms. The largest absolute Gasteiger partial charge is 0.317 e. The molecule has 2 saturated heterocycles. The second-order valence-corrected chi connectivity index (χ2v) is 8.52. The van der Waals surface area contributed by atoms with Gasteiger partial charge in [-0.3, -0.25) is 0 Å². The van der Waals surface area contributed by atoms with E-state index in [9.17, 15) is 8.42 Å². The Kier molecular flexibility index (Phi) is 4.15. The molecule has 0 aromatic rings. The average molecular weight is 286 g/mol. The van der Waals surface area contributed by atoms with Gasteiger partial charge in [0.1, 0.15) is 0 Å². The van der Waals surface area contributed by atoms with E-state index >= 15 is 0 Å². The molecule has 0 aromatic heterocycles. The highest BCUT2D eigenvalue weighted by atomic mass is 32.2. The van der Waals surface area contributed by atoms with E-state index in [1.807, 2.05) is 4.31 Å². The predicted molar refractivity (Wildman–Crippen MR) is 76.5 cm³/mol. The number of fused-ring (bicyclic) bond motifs is 1. The summed E-state index contributed by atoms with van der Waals surface area (Å²) in [6.45, 7) is 2.48. The first-order chi connectivity index (χ1) is 9.19. The number of piperidine rings is 2. The monoisotopic (exact) mass is 286 g/mol. The molecule has 0 amide bonds. The summed E-state index contributed by atoms with van der Waals surface area (Å²) >= 11 is 0. The molecule has 1 saturated carbocycles. The van der Waals surface area contributed by atoms with Crippen molar-refractivity contribution in [2.24, 2.45) is 5.92 Å². The van der Waals surface area contributed by atoms with Crippen molar-refractivity contribution < 1.29 is 8.42 Å². The zero-order valence-electron chi connectivity index (χ0n) is 11.7. The number of nitrogens with zero attached hydrogens (tertiary/aromatic N) is 1.